The Labute approximate surface area is 153 Å². The number of hydrogen-bond acceptors (Lipinski definition) is 3. The van der Waals surface area contributed by atoms with Gasteiger partial charge < -0.3 is 4.98 Å². The van der Waals surface area contributed by atoms with Crippen LogP contribution >= 0.6 is 0 Å². The molecule has 2 aliphatic rings. The molecule has 140 valence electrons. The third kappa shape index (κ3) is 3.96. The van der Waals surface area contributed by atoms with Gasteiger partial charge >= 0.3 is 0 Å². The number of halogens is 2. The van der Waals surface area contributed by atoms with Crippen LogP contribution in [0.1, 0.15) is 30.7 Å². The first-order chi connectivity index (χ1) is 12.7. The number of hydrogen-bond donors (Lipinski definition) is 1. The SMILES string of the molecule is Fc1cccc(CN2CCC([C@H]3CCN(Cc4ncc[nH]4)C3)CC2)c1F. The van der Waals surface area contributed by atoms with Gasteiger partial charge in [-0.3, -0.25) is 9.80 Å². The van der Waals surface area contributed by atoms with E-state index in [0.717, 1.165) is 63.2 Å². The van der Waals surface area contributed by atoms with E-state index >= 15 is 0 Å². The van der Waals surface area contributed by atoms with Gasteiger partial charge in [0.25, 0.3) is 0 Å². The molecule has 0 amide bonds. The summed E-state index contributed by atoms with van der Waals surface area (Å²) in [4.78, 5) is 12.2. The van der Waals surface area contributed by atoms with Gasteiger partial charge in [0, 0.05) is 31.0 Å². The molecule has 0 aliphatic carbocycles. The average molecular weight is 360 g/mol. The molecule has 4 rings (SSSR count). The maximum absolute atomic E-state index is 13.9. The van der Waals surface area contributed by atoms with E-state index in [-0.39, 0.29) is 0 Å². The molecule has 26 heavy (non-hydrogen) atoms. The van der Waals surface area contributed by atoms with Crippen LogP contribution in [0.15, 0.2) is 30.6 Å². The standard InChI is InChI=1S/C20H26F2N4/c21-18-3-1-2-17(20(18)22)13-25-9-4-15(5-10-25)16-6-11-26(12-16)14-19-23-7-8-24-19/h1-3,7-8,15-16H,4-6,9-14H2,(H,23,24)/t16-/m0/s1. The van der Waals surface area contributed by atoms with E-state index in [2.05, 4.69) is 19.8 Å². The largest absolute Gasteiger partial charge is 0.348 e. The lowest BCUT2D eigenvalue weighted by Gasteiger charge is -2.35. The molecule has 1 aromatic carbocycles. The molecule has 0 saturated carbocycles. The van der Waals surface area contributed by atoms with Gasteiger partial charge in [0.1, 0.15) is 5.82 Å². The van der Waals surface area contributed by atoms with Crippen molar-refractivity contribution in [2.24, 2.45) is 11.8 Å². The number of rotatable bonds is 5. The van der Waals surface area contributed by atoms with Crippen LogP contribution in [0.25, 0.3) is 0 Å². The quantitative estimate of drug-likeness (QED) is 0.887. The number of nitrogens with zero attached hydrogens (tertiary/aromatic N) is 3. The Kier molecular flexibility index (Phi) is 5.31. The highest BCUT2D eigenvalue weighted by Crippen LogP contribution is 2.32. The van der Waals surface area contributed by atoms with Crippen molar-refractivity contribution in [3.63, 3.8) is 0 Å². The molecule has 0 radical (unpaired) electrons. The lowest BCUT2D eigenvalue weighted by Crippen LogP contribution is -2.36. The first-order valence-corrected chi connectivity index (χ1v) is 9.55. The van der Waals surface area contributed by atoms with Gasteiger partial charge in [-0.15, -0.1) is 0 Å². The lowest BCUT2D eigenvalue weighted by molar-refractivity contribution is 0.139. The minimum absolute atomic E-state index is 0.467. The maximum Gasteiger partial charge on any atom is 0.163 e. The summed E-state index contributed by atoms with van der Waals surface area (Å²) in [6.45, 7) is 5.63. The van der Waals surface area contributed by atoms with Crippen molar-refractivity contribution in [2.75, 3.05) is 26.2 Å². The highest BCUT2D eigenvalue weighted by Gasteiger charge is 2.32. The number of nitrogens with one attached hydrogen (secondary N) is 1. The third-order valence-electron chi connectivity index (χ3n) is 5.96. The average Bonchev–Trinajstić information content (AvgIpc) is 3.32. The lowest BCUT2D eigenvalue weighted by atomic mass is 9.83. The van der Waals surface area contributed by atoms with Crippen LogP contribution in [0, 0.1) is 23.5 Å². The minimum Gasteiger partial charge on any atom is -0.348 e. The molecule has 4 nitrogen and oxygen atoms in total. The van der Waals surface area contributed by atoms with Crippen LogP contribution in [0.4, 0.5) is 8.78 Å². The molecule has 2 fully saturated rings. The molecular weight excluding hydrogens is 334 g/mol. The summed E-state index contributed by atoms with van der Waals surface area (Å²) in [5, 5.41) is 0. The molecule has 0 spiro atoms. The second-order valence-corrected chi connectivity index (χ2v) is 7.65. The van der Waals surface area contributed by atoms with E-state index in [1.54, 1.807) is 18.3 Å². The number of likely N-dealkylation sites (tertiary alicyclic amines) is 2. The smallest absolute Gasteiger partial charge is 0.163 e. The minimum atomic E-state index is -0.750. The summed E-state index contributed by atoms with van der Waals surface area (Å²) in [5.74, 6) is 1.08. The third-order valence-corrected chi connectivity index (χ3v) is 5.96. The van der Waals surface area contributed by atoms with Gasteiger partial charge in [0.05, 0.1) is 6.54 Å². The van der Waals surface area contributed by atoms with E-state index in [9.17, 15) is 8.78 Å². The molecule has 1 N–H and O–H groups in total. The van der Waals surface area contributed by atoms with Gasteiger partial charge in [-0.25, -0.2) is 13.8 Å². The van der Waals surface area contributed by atoms with Crippen LogP contribution in [0.3, 0.4) is 0 Å². The summed E-state index contributed by atoms with van der Waals surface area (Å²) in [7, 11) is 0. The number of imidazole rings is 1. The summed E-state index contributed by atoms with van der Waals surface area (Å²) >= 11 is 0. The van der Waals surface area contributed by atoms with Crippen LogP contribution < -0.4 is 0 Å². The molecule has 1 atom stereocenters. The molecule has 2 aromatic rings. The van der Waals surface area contributed by atoms with Gasteiger partial charge in [0.2, 0.25) is 0 Å². The molecule has 0 bridgehead atoms. The number of piperidine rings is 1. The van der Waals surface area contributed by atoms with Crippen LogP contribution in [-0.2, 0) is 13.1 Å². The van der Waals surface area contributed by atoms with E-state index in [4.69, 9.17) is 0 Å². The molecule has 2 aliphatic heterocycles. The molecule has 6 heteroatoms. The zero-order valence-corrected chi connectivity index (χ0v) is 15.0. The molecule has 2 saturated heterocycles. The van der Waals surface area contributed by atoms with Crippen molar-refractivity contribution in [1.29, 1.82) is 0 Å². The molecule has 1 aromatic heterocycles. The molecular formula is C20H26F2N4. The summed E-state index contributed by atoms with van der Waals surface area (Å²) in [6.07, 6.45) is 7.23. The van der Waals surface area contributed by atoms with Crippen molar-refractivity contribution in [3.05, 3.63) is 53.6 Å². The fourth-order valence-corrected chi connectivity index (χ4v) is 4.48. The molecule has 0 unspecified atom stereocenters. The highest BCUT2D eigenvalue weighted by atomic mass is 19.2. The Hall–Kier alpha value is -1.79. The highest BCUT2D eigenvalue weighted by molar-refractivity contribution is 5.18. The number of aromatic nitrogens is 2. The van der Waals surface area contributed by atoms with Gasteiger partial charge in [0.15, 0.2) is 11.6 Å². The Balaban J connectivity index is 1.25. The molecule has 3 heterocycles. The Bertz CT molecular complexity index is 711. The Morgan fingerprint density at radius 1 is 1.00 bits per heavy atom. The normalized spacial score (nSPS) is 22.9. The topological polar surface area (TPSA) is 35.2 Å². The van der Waals surface area contributed by atoms with Gasteiger partial charge in [-0.2, -0.15) is 0 Å². The maximum atomic E-state index is 13.9. The summed E-state index contributed by atoms with van der Waals surface area (Å²) in [5.41, 5.74) is 0.467. The van der Waals surface area contributed by atoms with Crippen LogP contribution in [0.5, 0.6) is 0 Å². The van der Waals surface area contributed by atoms with E-state index in [1.807, 2.05) is 6.20 Å². The van der Waals surface area contributed by atoms with Crippen LogP contribution in [-0.4, -0.2) is 45.9 Å². The number of aromatic amines is 1. The van der Waals surface area contributed by atoms with Crippen molar-refractivity contribution in [2.45, 2.75) is 32.4 Å². The van der Waals surface area contributed by atoms with Crippen LogP contribution in [0.2, 0.25) is 0 Å². The summed E-state index contributed by atoms with van der Waals surface area (Å²) < 4.78 is 27.2. The van der Waals surface area contributed by atoms with Crippen molar-refractivity contribution in [1.82, 2.24) is 19.8 Å². The van der Waals surface area contributed by atoms with E-state index < -0.39 is 11.6 Å². The van der Waals surface area contributed by atoms with Gasteiger partial charge in [-0.1, -0.05) is 12.1 Å². The fourth-order valence-electron chi connectivity index (χ4n) is 4.48. The second kappa shape index (κ2) is 7.84. The first kappa shape index (κ1) is 17.6. The number of H-pyrrole nitrogens is 1. The monoisotopic (exact) mass is 360 g/mol. The zero-order valence-electron chi connectivity index (χ0n) is 15.0. The van der Waals surface area contributed by atoms with Crippen molar-refractivity contribution in [3.8, 4) is 0 Å². The Morgan fingerprint density at radius 2 is 1.77 bits per heavy atom. The van der Waals surface area contributed by atoms with E-state index in [0.29, 0.717) is 12.1 Å². The second-order valence-electron chi connectivity index (χ2n) is 7.65. The van der Waals surface area contributed by atoms with Crippen molar-refractivity contribution < 1.29 is 8.78 Å². The van der Waals surface area contributed by atoms with Crippen molar-refractivity contribution >= 4 is 0 Å². The predicted molar refractivity (Wildman–Crippen MR) is 96.3 cm³/mol. The van der Waals surface area contributed by atoms with Gasteiger partial charge in [-0.05, 0) is 56.8 Å². The fraction of sp³-hybridized carbons (Fsp3) is 0.550. The zero-order chi connectivity index (χ0) is 17.9. The van der Waals surface area contributed by atoms with E-state index in [1.165, 1.54) is 12.5 Å². The Morgan fingerprint density at radius 3 is 2.54 bits per heavy atom. The predicted octanol–water partition coefficient (Wildman–Crippen LogP) is 3.42. The first-order valence-electron chi connectivity index (χ1n) is 9.55. The number of benzene rings is 1. The summed E-state index contributed by atoms with van der Waals surface area (Å²) in [6, 6.07) is 4.46.